The zero-order valence-electron chi connectivity index (χ0n) is 7.77. The molecule has 0 atom stereocenters. The minimum absolute atomic E-state index is 0.778. The van der Waals surface area contributed by atoms with Crippen molar-refractivity contribution in [2.75, 3.05) is 13.2 Å². The molecule has 1 aliphatic rings. The Morgan fingerprint density at radius 1 is 0.909 bits per heavy atom. The number of hydrogen-bond acceptors (Lipinski definition) is 2. The van der Waals surface area contributed by atoms with Crippen molar-refractivity contribution in [3.05, 3.63) is 0 Å². The highest BCUT2D eigenvalue weighted by Crippen LogP contribution is 1.97. The molecule has 0 N–H and O–H groups in total. The van der Waals surface area contributed by atoms with Gasteiger partial charge >= 0.3 is 0 Å². The quantitative estimate of drug-likeness (QED) is 0.578. The third kappa shape index (κ3) is 9.92. The fourth-order valence-electron chi connectivity index (χ4n) is 0.793. The van der Waals surface area contributed by atoms with Crippen LogP contribution in [-0.2, 0) is 9.78 Å². The molecule has 68 valence electrons. The van der Waals surface area contributed by atoms with Gasteiger partial charge in [-0.25, -0.2) is 9.78 Å². The Morgan fingerprint density at radius 3 is 1.45 bits per heavy atom. The van der Waals surface area contributed by atoms with Crippen molar-refractivity contribution in [1.29, 1.82) is 0 Å². The Bertz CT molecular complexity index is 47.1. The molecule has 0 aromatic carbocycles. The first-order valence-corrected chi connectivity index (χ1v) is 4.66. The van der Waals surface area contributed by atoms with Gasteiger partial charge in [-0.3, -0.25) is 0 Å². The first-order chi connectivity index (χ1) is 5.41. The summed E-state index contributed by atoms with van der Waals surface area (Å²) in [4.78, 5) is 9.14. The maximum Gasteiger partial charge on any atom is 0.0823 e. The molecule has 1 rings (SSSR count). The van der Waals surface area contributed by atoms with E-state index in [1.165, 1.54) is 19.3 Å². The summed E-state index contributed by atoms with van der Waals surface area (Å²) in [5, 5.41) is 0. The first kappa shape index (κ1) is 10.9. The molecule has 1 fully saturated rings. The Morgan fingerprint density at radius 2 is 1.36 bits per heavy atom. The van der Waals surface area contributed by atoms with E-state index in [-0.39, 0.29) is 0 Å². The summed E-state index contributed by atoms with van der Waals surface area (Å²) in [5.74, 6) is 0. The van der Waals surface area contributed by atoms with E-state index in [1.54, 1.807) is 0 Å². The molecule has 0 amide bonds. The van der Waals surface area contributed by atoms with Gasteiger partial charge in [0.2, 0.25) is 0 Å². The summed E-state index contributed by atoms with van der Waals surface area (Å²) >= 11 is 0. The van der Waals surface area contributed by atoms with Gasteiger partial charge in [-0.05, 0) is 12.8 Å². The van der Waals surface area contributed by atoms with Crippen LogP contribution in [0.4, 0.5) is 0 Å². The van der Waals surface area contributed by atoms with Crippen LogP contribution in [0.2, 0.25) is 0 Å². The number of rotatable bonds is 2. The molecular weight excluding hydrogens is 140 g/mol. The zero-order chi connectivity index (χ0) is 8.36. The zero-order valence-corrected chi connectivity index (χ0v) is 7.77. The lowest BCUT2D eigenvalue weighted by Crippen LogP contribution is -2.05. The molecule has 0 unspecified atom stereocenters. The van der Waals surface area contributed by atoms with E-state index in [0.717, 1.165) is 26.1 Å². The molecule has 0 aromatic rings. The lowest BCUT2D eigenvalue weighted by Gasteiger charge is -2.07. The molecule has 2 heteroatoms. The van der Waals surface area contributed by atoms with E-state index < -0.39 is 0 Å². The summed E-state index contributed by atoms with van der Waals surface area (Å²) in [6, 6.07) is 0. The molecule has 1 heterocycles. The molecule has 0 radical (unpaired) electrons. The predicted molar refractivity (Wildman–Crippen MR) is 46.3 cm³/mol. The van der Waals surface area contributed by atoms with Gasteiger partial charge in [0.1, 0.15) is 0 Å². The van der Waals surface area contributed by atoms with Crippen LogP contribution in [0.15, 0.2) is 0 Å². The average Bonchev–Trinajstić information content (AvgIpc) is 2.10. The van der Waals surface area contributed by atoms with Crippen LogP contribution < -0.4 is 0 Å². The minimum Gasteiger partial charge on any atom is -0.237 e. The van der Waals surface area contributed by atoms with Gasteiger partial charge in [0.05, 0.1) is 13.2 Å². The summed E-state index contributed by atoms with van der Waals surface area (Å²) in [6.07, 6.45) is 6.38. The Labute approximate surface area is 69.8 Å². The third-order valence-electron chi connectivity index (χ3n) is 1.50. The normalized spacial score (nSPS) is 16.9. The second-order valence-corrected chi connectivity index (χ2v) is 2.70. The van der Waals surface area contributed by atoms with Gasteiger partial charge in [-0.15, -0.1) is 0 Å². The van der Waals surface area contributed by atoms with Crippen LogP contribution in [0.1, 0.15) is 46.0 Å². The van der Waals surface area contributed by atoms with Crippen molar-refractivity contribution in [3.8, 4) is 0 Å². The van der Waals surface area contributed by atoms with Crippen molar-refractivity contribution < 1.29 is 9.78 Å². The minimum atomic E-state index is 0.778. The highest BCUT2D eigenvalue weighted by atomic mass is 17.2. The van der Waals surface area contributed by atoms with Crippen molar-refractivity contribution in [1.82, 2.24) is 0 Å². The van der Waals surface area contributed by atoms with E-state index >= 15 is 0 Å². The Balaban J connectivity index is 0.000000187. The number of hydrogen-bond donors (Lipinski definition) is 0. The highest BCUT2D eigenvalue weighted by molar-refractivity contribution is 4.36. The summed E-state index contributed by atoms with van der Waals surface area (Å²) in [5.41, 5.74) is 0. The molecule has 1 saturated heterocycles. The molecule has 1 aliphatic heterocycles. The van der Waals surface area contributed by atoms with Gasteiger partial charge < -0.3 is 0 Å². The second-order valence-electron chi connectivity index (χ2n) is 2.70. The van der Waals surface area contributed by atoms with Crippen molar-refractivity contribution >= 4 is 0 Å². The average molecular weight is 160 g/mol. The van der Waals surface area contributed by atoms with Crippen LogP contribution in [0.5, 0.6) is 0 Å². The fourth-order valence-corrected chi connectivity index (χ4v) is 0.793. The van der Waals surface area contributed by atoms with Gasteiger partial charge in [-0.2, -0.15) is 0 Å². The Hall–Kier alpha value is -0.0800. The molecular formula is C9H20O2. The molecule has 2 nitrogen and oxygen atoms in total. The molecule has 0 aromatic heterocycles. The summed E-state index contributed by atoms with van der Waals surface area (Å²) < 4.78 is 0. The fraction of sp³-hybridized carbons (Fsp3) is 1.00. The maximum absolute atomic E-state index is 4.57. The van der Waals surface area contributed by atoms with E-state index in [9.17, 15) is 0 Å². The monoisotopic (exact) mass is 160 g/mol. The largest absolute Gasteiger partial charge is 0.237 e. The molecule has 0 saturated carbocycles. The molecule has 0 bridgehead atoms. The van der Waals surface area contributed by atoms with E-state index in [1.807, 2.05) is 0 Å². The topological polar surface area (TPSA) is 18.5 Å². The summed E-state index contributed by atoms with van der Waals surface area (Å²) in [6.45, 7) is 5.98. The van der Waals surface area contributed by atoms with Gasteiger partial charge in [0.15, 0.2) is 0 Å². The lowest BCUT2D eigenvalue weighted by atomic mass is 10.3. The van der Waals surface area contributed by atoms with E-state index in [0.29, 0.717) is 0 Å². The van der Waals surface area contributed by atoms with Crippen LogP contribution in [0, 0.1) is 0 Å². The number of unbranched alkanes of at least 4 members (excludes halogenated alkanes) is 2. The predicted octanol–water partition coefficient (Wildman–Crippen LogP) is 2.92. The molecule has 11 heavy (non-hydrogen) atoms. The van der Waals surface area contributed by atoms with Crippen molar-refractivity contribution in [3.63, 3.8) is 0 Å². The second kappa shape index (κ2) is 9.92. The van der Waals surface area contributed by atoms with Crippen LogP contribution in [-0.4, -0.2) is 13.2 Å². The first-order valence-electron chi connectivity index (χ1n) is 4.66. The standard InChI is InChI=1S/C5H12.C4H8O2/c1-3-5-4-2;1-2-4-6-5-3-1/h3-5H2,1-2H3;1-4H2. The smallest absolute Gasteiger partial charge is 0.0823 e. The lowest BCUT2D eigenvalue weighted by molar-refractivity contribution is -0.312. The van der Waals surface area contributed by atoms with Crippen molar-refractivity contribution in [2.24, 2.45) is 0 Å². The Kier molecular flexibility index (Phi) is 9.85. The van der Waals surface area contributed by atoms with Gasteiger partial charge in [0.25, 0.3) is 0 Å². The van der Waals surface area contributed by atoms with Crippen LogP contribution >= 0.6 is 0 Å². The molecule has 0 aliphatic carbocycles. The van der Waals surface area contributed by atoms with Gasteiger partial charge in [-0.1, -0.05) is 33.1 Å². The highest BCUT2D eigenvalue weighted by Gasteiger charge is 1.95. The third-order valence-corrected chi connectivity index (χ3v) is 1.50. The summed E-state index contributed by atoms with van der Waals surface area (Å²) in [7, 11) is 0. The maximum atomic E-state index is 4.57. The van der Waals surface area contributed by atoms with Crippen LogP contribution in [0.25, 0.3) is 0 Å². The SMILES string of the molecule is C1CCOOC1.CCCCC. The van der Waals surface area contributed by atoms with Gasteiger partial charge in [0, 0.05) is 0 Å². The van der Waals surface area contributed by atoms with Crippen LogP contribution in [0.3, 0.4) is 0 Å². The molecule has 0 spiro atoms. The van der Waals surface area contributed by atoms with E-state index in [4.69, 9.17) is 0 Å². The van der Waals surface area contributed by atoms with Crippen molar-refractivity contribution in [2.45, 2.75) is 46.0 Å². The van der Waals surface area contributed by atoms with E-state index in [2.05, 4.69) is 23.6 Å².